The highest BCUT2D eigenvalue weighted by Gasteiger charge is 2.24. The number of rotatable bonds is 5. The third kappa shape index (κ3) is 3.35. The molecule has 1 heterocycles. The highest BCUT2D eigenvalue weighted by molar-refractivity contribution is 5.78. The van der Waals surface area contributed by atoms with Crippen LogP contribution in [0.5, 0.6) is 5.75 Å². The van der Waals surface area contributed by atoms with Gasteiger partial charge < -0.3 is 10.1 Å². The summed E-state index contributed by atoms with van der Waals surface area (Å²) in [6.45, 7) is 0.914. The Hall–Kier alpha value is -2.17. The molecule has 1 aromatic carbocycles. The zero-order valence-electron chi connectivity index (χ0n) is 12.6. The maximum Gasteiger partial charge on any atom is 0.387 e. The van der Waals surface area contributed by atoms with Gasteiger partial charge in [-0.2, -0.15) is 8.78 Å². The van der Waals surface area contributed by atoms with Crippen LogP contribution in [-0.4, -0.2) is 17.6 Å². The van der Waals surface area contributed by atoms with Gasteiger partial charge in [0.15, 0.2) is 5.75 Å². The maximum absolute atomic E-state index is 12.8. The van der Waals surface area contributed by atoms with Crippen LogP contribution in [-0.2, 0) is 0 Å². The normalized spacial score (nSPS) is 14.2. The summed E-state index contributed by atoms with van der Waals surface area (Å²) in [5.41, 5.74) is 3.80. The Morgan fingerprint density at radius 2 is 1.86 bits per heavy atom. The number of nitrogens with one attached hydrogen (secondary N) is 1. The van der Waals surface area contributed by atoms with E-state index in [0.29, 0.717) is 17.3 Å². The van der Waals surface area contributed by atoms with Gasteiger partial charge in [-0.05, 0) is 50.5 Å². The van der Waals surface area contributed by atoms with Crippen LogP contribution in [0.2, 0.25) is 0 Å². The average Bonchev–Trinajstić information content (AvgIpc) is 3.23. The fourth-order valence-corrected chi connectivity index (χ4v) is 2.53. The smallest absolute Gasteiger partial charge is 0.387 e. The number of hydrogen-bond acceptors (Lipinski definition) is 3. The average molecular weight is 304 g/mol. The minimum absolute atomic E-state index is 0.203. The van der Waals surface area contributed by atoms with Crippen LogP contribution in [0.3, 0.4) is 0 Å². The molecule has 0 bridgehead atoms. The molecule has 0 aliphatic heterocycles. The molecule has 5 heteroatoms. The zero-order chi connectivity index (χ0) is 15.7. The van der Waals surface area contributed by atoms with Crippen LogP contribution >= 0.6 is 0 Å². The van der Waals surface area contributed by atoms with Gasteiger partial charge in [-0.25, -0.2) is 0 Å². The lowest BCUT2D eigenvalue weighted by Gasteiger charge is -2.17. The minimum Gasteiger partial charge on any atom is -0.432 e. The Morgan fingerprint density at radius 1 is 1.18 bits per heavy atom. The molecule has 0 unspecified atom stereocenters. The number of halogens is 2. The summed E-state index contributed by atoms with van der Waals surface area (Å²) in [4.78, 5) is 4.33. The fourth-order valence-electron chi connectivity index (χ4n) is 2.53. The van der Waals surface area contributed by atoms with Crippen LogP contribution in [0.4, 0.5) is 14.5 Å². The molecule has 3 rings (SSSR count). The minimum atomic E-state index is -2.86. The summed E-state index contributed by atoms with van der Waals surface area (Å²) < 4.78 is 30.5. The van der Waals surface area contributed by atoms with Crippen LogP contribution < -0.4 is 10.1 Å². The molecular formula is C17H18F2N2O. The molecule has 0 saturated heterocycles. The second kappa shape index (κ2) is 5.91. The Bertz CT molecular complexity index is 664. The first-order valence-corrected chi connectivity index (χ1v) is 7.33. The second-order valence-corrected chi connectivity index (χ2v) is 5.62. The third-order valence-electron chi connectivity index (χ3n) is 3.55. The predicted molar refractivity (Wildman–Crippen MR) is 82.4 cm³/mol. The quantitative estimate of drug-likeness (QED) is 0.880. The van der Waals surface area contributed by atoms with Crippen LogP contribution in [0.25, 0.3) is 11.1 Å². The summed E-state index contributed by atoms with van der Waals surface area (Å²) in [6, 6.07) is 9.54. The number of nitrogens with zero attached hydrogens (tertiary/aromatic N) is 1. The van der Waals surface area contributed by atoms with Gasteiger partial charge in [0.2, 0.25) is 0 Å². The van der Waals surface area contributed by atoms with Crippen molar-refractivity contribution in [2.24, 2.45) is 0 Å². The lowest BCUT2D eigenvalue weighted by Crippen LogP contribution is -2.09. The Morgan fingerprint density at radius 3 is 2.45 bits per heavy atom. The van der Waals surface area contributed by atoms with Crippen molar-refractivity contribution in [3.63, 3.8) is 0 Å². The lowest BCUT2D eigenvalue weighted by atomic mass is 10.0. The van der Waals surface area contributed by atoms with E-state index in [-0.39, 0.29) is 5.75 Å². The third-order valence-corrected chi connectivity index (χ3v) is 3.55. The number of benzene rings is 1. The molecule has 22 heavy (non-hydrogen) atoms. The van der Waals surface area contributed by atoms with E-state index in [1.54, 1.807) is 12.1 Å². The number of alkyl halides is 2. The molecule has 0 spiro atoms. The summed E-state index contributed by atoms with van der Waals surface area (Å²) >= 11 is 0. The van der Waals surface area contributed by atoms with Crippen molar-refractivity contribution in [3.8, 4) is 16.9 Å². The Kier molecular flexibility index (Phi) is 3.96. The molecule has 2 aromatic rings. The standard InChI is InChI=1S/C17H18F2N2O/c1-10-8-12(9-11(2)20-10)14-4-3-5-15(21-13-6-7-13)16(14)22-17(18)19/h3-5,8-9,13,17,21H,6-7H2,1-2H3. The number of hydrogen-bond donors (Lipinski definition) is 1. The van der Waals surface area contributed by atoms with Gasteiger partial charge in [-0.1, -0.05) is 12.1 Å². The number of aryl methyl sites for hydroxylation is 2. The number of aromatic nitrogens is 1. The van der Waals surface area contributed by atoms with E-state index in [9.17, 15) is 8.78 Å². The number of pyridine rings is 1. The summed E-state index contributed by atoms with van der Waals surface area (Å²) in [6.07, 6.45) is 2.12. The molecule has 1 aliphatic rings. The van der Waals surface area contributed by atoms with Gasteiger partial charge in [0, 0.05) is 23.0 Å². The van der Waals surface area contributed by atoms with Gasteiger partial charge >= 0.3 is 6.61 Å². The van der Waals surface area contributed by atoms with Crippen molar-refractivity contribution in [2.45, 2.75) is 39.3 Å². The van der Waals surface area contributed by atoms with E-state index in [1.165, 1.54) is 0 Å². The SMILES string of the molecule is Cc1cc(-c2cccc(NC3CC3)c2OC(F)F)cc(C)n1. The van der Waals surface area contributed by atoms with Gasteiger partial charge in [0.1, 0.15) is 0 Å². The van der Waals surface area contributed by atoms with E-state index < -0.39 is 6.61 Å². The topological polar surface area (TPSA) is 34.1 Å². The Labute approximate surface area is 128 Å². The van der Waals surface area contributed by atoms with Crippen molar-refractivity contribution in [1.29, 1.82) is 0 Å². The van der Waals surface area contributed by atoms with Gasteiger partial charge in [-0.3, -0.25) is 4.98 Å². The molecule has 0 radical (unpaired) electrons. The van der Waals surface area contributed by atoms with E-state index in [2.05, 4.69) is 10.3 Å². The summed E-state index contributed by atoms with van der Waals surface area (Å²) in [5, 5.41) is 3.26. The van der Waals surface area contributed by atoms with E-state index >= 15 is 0 Å². The molecule has 1 saturated carbocycles. The highest BCUT2D eigenvalue weighted by atomic mass is 19.3. The fraction of sp³-hybridized carbons (Fsp3) is 0.353. The second-order valence-electron chi connectivity index (χ2n) is 5.62. The van der Waals surface area contributed by atoms with Crippen molar-refractivity contribution < 1.29 is 13.5 Å². The zero-order valence-corrected chi connectivity index (χ0v) is 12.6. The van der Waals surface area contributed by atoms with Crippen molar-refractivity contribution in [2.75, 3.05) is 5.32 Å². The summed E-state index contributed by atoms with van der Waals surface area (Å²) in [7, 11) is 0. The van der Waals surface area contributed by atoms with Gasteiger partial charge in [0.25, 0.3) is 0 Å². The van der Waals surface area contributed by atoms with Crippen molar-refractivity contribution in [3.05, 3.63) is 41.7 Å². The van der Waals surface area contributed by atoms with E-state index in [0.717, 1.165) is 29.8 Å². The first kappa shape index (κ1) is 14.8. The van der Waals surface area contributed by atoms with Crippen molar-refractivity contribution in [1.82, 2.24) is 4.98 Å². The van der Waals surface area contributed by atoms with Crippen LogP contribution in [0.15, 0.2) is 30.3 Å². The predicted octanol–water partition coefficient (Wildman–Crippen LogP) is 4.54. The first-order chi connectivity index (χ1) is 10.5. The number of ether oxygens (including phenoxy) is 1. The first-order valence-electron chi connectivity index (χ1n) is 7.33. The molecule has 1 aliphatic carbocycles. The molecule has 1 N–H and O–H groups in total. The van der Waals surface area contributed by atoms with Gasteiger partial charge in [0.05, 0.1) is 5.69 Å². The lowest BCUT2D eigenvalue weighted by molar-refractivity contribution is -0.0489. The number of para-hydroxylation sites is 1. The van der Waals surface area contributed by atoms with E-state index in [4.69, 9.17) is 4.74 Å². The molecular weight excluding hydrogens is 286 g/mol. The highest BCUT2D eigenvalue weighted by Crippen LogP contribution is 2.40. The van der Waals surface area contributed by atoms with E-state index in [1.807, 2.05) is 32.0 Å². The molecule has 1 fully saturated rings. The molecule has 1 aromatic heterocycles. The van der Waals surface area contributed by atoms with Crippen molar-refractivity contribution >= 4 is 5.69 Å². The maximum atomic E-state index is 12.8. The molecule has 0 atom stereocenters. The summed E-state index contributed by atoms with van der Waals surface area (Å²) in [5.74, 6) is 0.203. The van der Waals surface area contributed by atoms with Gasteiger partial charge in [-0.15, -0.1) is 0 Å². The molecule has 116 valence electrons. The largest absolute Gasteiger partial charge is 0.432 e. The Balaban J connectivity index is 2.07. The van der Waals surface area contributed by atoms with Crippen LogP contribution in [0, 0.1) is 13.8 Å². The monoisotopic (exact) mass is 304 g/mol. The van der Waals surface area contributed by atoms with Crippen LogP contribution in [0.1, 0.15) is 24.2 Å². The molecule has 3 nitrogen and oxygen atoms in total. The molecule has 0 amide bonds. The number of anilines is 1.